The Morgan fingerprint density at radius 3 is 3.19 bits per heavy atom. The lowest BCUT2D eigenvalue weighted by atomic mass is 10.2. The molecule has 0 amide bonds. The molecule has 86 valence electrons. The molecule has 2 rings (SSSR count). The van der Waals surface area contributed by atoms with Crippen LogP contribution in [-0.2, 0) is 0 Å². The predicted molar refractivity (Wildman–Crippen MR) is 62.5 cm³/mol. The Bertz CT molecular complexity index is 333. The second kappa shape index (κ2) is 5.72. The first-order valence-electron chi connectivity index (χ1n) is 5.74. The number of hydrogen-bond donors (Lipinski definition) is 2. The van der Waals surface area contributed by atoms with E-state index in [0.29, 0.717) is 18.3 Å². The number of carbonyl (C=O) groups is 1. The van der Waals surface area contributed by atoms with E-state index in [1.54, 1.807) is 12.3 Å². The molecule has 1 aromatic heterocycles. The summed E-state index contributed by atoms with van der Waals surface area (Å²) < 4.78 is 0. The van der Waals surface area contributed by atoms with E-state index in [4.69, 9.17) is 0 Å². The largest absolute Gasteiger partial charge is 0.313 e. The summed E-state index contributed by atoms with van der Waals surface area (Å²) in [5.74, 6) is 0.0543. The van der Waals surface area contributed by atoms with Crippen molar-refractivity contribution in [3.63, 3.8) is 0 Å². The molecule has 1 aromatic rings. The molecule has 2 heterocycles. The molecular formula is C12H17N3O. The summed E-state index contributed by atoms with van der Waals surface area (Å²) >= 11 is 0. The van der Waals surface area contributed by atoms with E-state index in [1.807, 2.05) is 12.1 Å². The van der Waals surface area contributed by atoms with Gasteiger partial charge in [0.1, 0.15) is 5.69 Å². The van der Waals surface area contributed by atoms with Crippen LogP contribution < -0.4 is 10.6 Å². The summed E-state index contributed by atoms with van der Waals surface area (Å²) in [6, 6.07) is 5.92. The molecule has 16 heavy (non-hydrogen) atoms. The molecular weight excluding hydrogens is 202 g/mol. The number of nitrogens with zero attached hydrogens (tertiary/aromatic N) is 1. The number of hydrogen-bond acceptors (Lipinski definition) is 4. The van der Waals surface area contributed by atoms with Crippen molar-refractivity contribution >= 4 is 5.78 Å². The molecule has 0 spiro atoms. The van der Waals surface area contributed by atoms with Gasteiger partial charge in [-0.05, 0) is 31.5 Å². The van der Waals surface area contributed by atoms with Gasteiger partial charge in [-0.25, -0.2) is 0 Å². The first kappa shape index (κ1) is 11.2. The first-order valence-corrected chi connectivity index (χ1v) is 5.74. The van der Waals surface area contributed by atoms with Crippen LogP contribution in [0.4, 0.5) is 0 Å². The van der Waals surface area contributed by atoms with E-state index in [0.717, 1.165) is 13.1 Å². The Labute approximate surface area is 95.5 Å². The Morgan fingerprint density at radius 1 is 1.56 bits per heavy atom. The van der Waals surface area contributed by atoms with Gasteiger partial charge in [-0.1, -0.05) is 6.07 Å². The fraction of sp³-hybridized carbons (Fsp3) is 0.500. The maximum absolute atomic E-state index is 11.7. The third-order valence-corrected chi connectivity index (χ3v) is 2.79. The third-order valence-electron chi connectivity index (χ3n) is 2.79. The number of Topliss-reactive ketones (excluding diaryl/α,β-unsaturated/α-hetero) is 1. The summed E-state index contributed by atoms with van der Waals surface area (Å²) in [7, 11) is 0. The molecule has 1 fully saturated rings. The fourth-order valence-corrected chi connectivity index (χ4v) is 1.91. The quantitative estimate of drug-likeness (QED) is 0.712. The molecule has 4 heteroatoms. The number of aromatic nitrogens is 1. The maximum Gasteiger partial charge on any atom is 0.194 e. The molecule has 0 radical (unpaired) electrons. The van der Waals surface area contributed by atoms with E-state index >= 15 is 0 Å². The van der Waals surface area contributed by atoms with Crippen LogP contribution in [0.5, 0.6) is 0 Å². The molecule has 0 aliphatic carbocycles. The van der Waals surface area contributed by atoms with Crippen LogP contribution in [-0.4, -0.2) is 36.4 Å². The second-order valence-corrected chi connectivity index (χ2v) is 4.06. The minimum Gasteiger partial charge on any atom is -0.313 e. The molecule has 2 N–H and O–H groups in total. The van der Waals surface area contributed by atoms with E-state index < -0.39 is 0 Å². The van der Waals surface area contributed by atoms with Crippen LogP contribution in [0.15, 0.2) is 24.4 Å². The topological polar surface area (TPSA) is 54.0 Å². The summed E-state index contributed by atoms with van der Waals surface area (Å²) in [6.45, 7) is 2.33. The van der Waals surface area contributed by atoms with Crippen molar-refractivity contribution in [2.45, 2.75) is 18.9 Å². The SMILES string of the molecule is O=C(CNCC1CCCN1)c1ccccn1. The third kappa shape index (κ3) is 3.12. The zero-order chi connectivity index (χ0) is 11.2. The summed E-state index contributed by atoms with van der Waals surface area (Å²) in [5, 5.41) is 6.55. The van der Waals surface area contributed by atoms with Crippen molar-refractivity contribution in [1.29, 1.82) is 0 Å². The van der Waals surface area contributed by atoms with Gasteiger partial charge >= 0.3 is 0 Å². The Balaban J connectivity index is 1.71. The highest BCUT2D eigenvalue weighted by Gasteiger charge is 2.14. The van der Waals surface area contributed by atoms with Gasteiger partial charge in [-0.15, -0.1) is 0 Å². The molecule has 0 saturated carbocycles. The maximum atomic E-state index is 11.7. The van der Waals surface area contributed by atoms with Crippen LogP contribution in [0.25, 0.3) is 0 Å². The van der Waals surface area contributed by atoms with Crippen LogP contribution >= 0.6 is 0 Å². The van der Waals surface area contributed by atoms with Crippen LogP contribution in [0.1, 0.15) is 23.3 Å². The van der Waals surface area contributed by atoms with Gasteiger partial charge in [0.25, 0.3) is 0 Å². The summed E-state index contributed by atoms with van der Waals surface area (Å²) in [6.07, 6.45) is 4.08. The molecule has 4 nitrogen and oxygen atoms in total. The highest BCUT2D eigenvalue weighted by molar-refractivity contribution is 5.95. The second-order valence-electron chi connectivity index (χ2n) is 4.06. The summed E-state index contributed by atoms with van der Waals surface area (Å²) in [5.41, 5.74) is 0.536. The molecule has 0 aromatic carbocycles. The number of pyridine rings is 1. The van der Waals surface area contributed by atoms with Gasteiger partial charge in [0.15, 0.2) is 5.78 Å². The van der Waals surface area contributed by atoms with Crippen molar-refractivity contribution in [2.75, 3.05) is 19.6 Å². The highest BCUT2D eigenvalue weighted by Crippen LogP contribution is 2.03. The molecule has 1 saturated heterocycles. The van der Waals surface area contributed by atoms with E-state index in [-0.39, 0.29) is 5.78 Å². The van der Waals surface area contributed by atoms with Crippen molar-refractivity contribution in [3.8, 4) is 0 Å². The predicted octanol–water partition coefficient (Wildman–Crippen LogP) is 0.606. The number of rotatable bonds is 5. The minimum absolute atomic E-state index is 0.0543. The zero-order valence-electron chi connectivity index (χ0n) is 9.28. The van der Waals surface area contributed by atoms with E-state index in [9.17, 15) is 4.79 Å². The number of carbonyl (C=O) groups excluding carboxylic acids is 1. The van der Waals surface area contributed by atoms with Gasteiger partial charge in [0.2, 0.25) is 0 Å². The lowest BCUT2D eigenvalue weighted by Gasteiger charge is -2.10. The molecule has 1 unspecified atom stereocenters. The smallest absolute Gasteiger partial charge is 0.194 e. The molecule has 0 bridgehead atoms. The van der Waals surface area contributed by atoms with Crippen LogP contribution in [0, 0.1) is 0 Å². The molecule has 1 aliphatic heterocycles. The number of ketones is 1. The van der Waals surface area contributed by atoms with Gasteiger partial charge in [0.05, 0.1) is 6.54 Å². The normalized spacial score (nSPS) is 19.9. The lowest BCUT2D eigenvalue weighted by molar-refractivity contribution is 0.0986. The van der Waals surface area contributed by atoms with Gasteiger partial charge in [0, 0.05) is 18.8 Å². The zero-order valence-corrected chi connectivity index (χ0v) is 9.28. The van der Waals surface area contributed by atoms with Crippen molar-refractivity contribution in [2.24, 2.45) is 0 Å². The molecule has 1 atom stereocenters. The van der Waals surface area contributed by atoms with Crippen LogP contribution in [0.2, 0.25) is 0 Å². The van der Waals surface area contributed by atoms with Gasteiger partial charge in [-0.3, -0.25) is 9.78 Å². The number of nitrogens with one attached hydrogen (secondary N) is 2. The van der Waals surface area contributed by atoms with Gasteiger partial charge < -0.3 is 10.6 Å². The molecule has 1 aliphatic rings. The Hall–Kier alpha value is -1.26. The van der Waals surface area contributed by atoms with Crippen molar-refractivity contribution < 1.29 is 4.79 Å². The monoisotopic (exact) mass is 219 g/mol. The summed E-state index contributed by atoms with van der Waals surface area (Å²) in [4.78, 5) is 15.7. The first-order chi connectivity index (χ1) is 7.86. The van der Waals surface area contributed by atoms with Gasteiger partial charge in [-0.2, -0.15) is 0 Å². The Morgan fingerprint density at radius 2 is 2.50 bits per heavy atom. The van der Waals surface area contributed by atoms with Crippen LogP contribution in [0.3, 0.4) is 0 Å². The lowest BCUT2D eigenvalue weighted by Crippen LogP contribution is -2.36. The standard InChI is InChI=1S/C12H17N3O/c16-12(11-5-1-2-6-15-11)9-13-8-10-4-3-7-14-10/h1-2,5-6,10,13-14H,3-4,7-9H2. The highest BCUT2D eigenvalue weighted by atomic mass is 16.1. The van der Waals surface area contributed by atoms with Crippen molar-refractivity contribution in [3.05, 3.63) is 30.1 Å². The van der Waals surface area contributed by atoms with E-state index in [1.165, 1.54) is 12.8 Å². The van der Waals surface area contributed by atoms with Crippen molar-refractivity contribution in [1.82, 2.24) is 15.6 Å². The van der Waals surface area contributed by atoms with E-state index in [2.05, 4.69) is 15.6 Å². The fourth-order valence-electron chi connectivity index (χ4n) is 1.91. The average Bonchev–Trinajstić information content (AvgIpc) is 2.83. The minimum atomic E-state index is 0.0543. The average molecular weight is 219 g/mol. The Kier molecular flexibility index (Phi) is 4.02.